The molecule has 0 amide bonds. The Morgan fingerprint density at radius 1 is 1.07 bits per heavy atom. The zero-order valence-corrected chi connectivity index (χ0v) is 8.43. The van der Waals surface area contributed by atoms with Gasteiger partial charge in [-0.2, -0.15) is 0 Å². The van der Waals surface area contributed by atoms with Gasteiger partial charge in [-0.3, -0.25) is 0 Å². The first-order valence-corrected chi connectivity index (χ1v) is 5.22. The van der Waals surface area contributed by atoms with Crippen molar-refractivity contribution in [3.05, 3.63) is 17.7 Å². The molecule has 2 N–H and O–H groups in total. The second kappa shape index (κ2) is 2.80. The predicted octanol–water partition coefficient (Wildman–Crippen LogP) is 1.65. The Morgan fingerprint density at radius 2 is 1.64 bits per heavy atom. The van der Waals surface area contributed by atoms with E-state index in [0.29, 0.717) is 0 Å². The summed E-state index contributed by atoms with van der Waals surface area (Å²) in [5.74, 6) is 0. The van der Waals surface area contributed by atoms with Gasteiger partial charge in [0.15, 0.2) is 0 Å². The van der Waals surface area contributed by atoms with Crippen LogP contribution >= 0.6 is 0 Å². The molecule has 3 nitrogen and oxygen atoms in total. The molecule has 0 fully saturated rings. The van der Waals surface area contributed by atoms with Crippen LogP contribution in [0.3, 0.4) is 0 Å². The average molecular weight is 189 g/mol. The number of rotatable bonds is 0. The molecule has 0 aromatic heterocycles. The SMILES string of the molecule is Cc1cc2c3c(c1)NCCN3CCN2. The maximum atomic E-state index is 3.46. The molecule has 0 saturated carbocycles. The number of hydrogen-bond acceptors (Lipinski definition) is 3. The number of aryl methyl sites for hydroxylation is 1. The first-order valence-electron chi connectivity index (χ1n) is 5.22. The molecule has 3 rings (SSSR count). The molecule has 0 atom stereocenters. The Kier molecular flexibility index (Phi) is 1.60. The van der Waals surface area contributed by atoms with Crippen molar-refractivity contribution in [2.75, 3.05) is 41.7 Å². The van der Waals surface area contributed by atoms with Gasteiger partial charge in [0, 0.05) is 26.2 Å². The Hall–Kier alpha value is -1.38. The van der Waals surface area contributed by atoms with E-state index in [0.717, 1.165) is 26.2 Å². The van der Waals surface area contributed by atoms with Crippen molar-refractivity contribution >= 4 is 17.1 Å². The number of anilines is 3. The number of nitrogens with one attached hydrogen (secondary N) is 2. The lowest BCUT2D eigenvalue weighted by Gasteiger charge is -2.37. The predicted molar refractivity (Wildman–Crippen MR) is 60.4 cm³/mol. The van der Waals surface area contributed by atoms with Gasteiger partial charge in [0.1, 0.15) is 0 Å². The number of nitrogens with zero attached hydrogens (tertiary/aromatic N) is 1. The Balaban J connectivity index is 2.20. The monoisotopic (exact) mass is 189 g/mol. The highest BCUT2D eigenvalue weighted by molar-refractivity contribution is 5.86. The summed E-state index contributed by atoms with van der Waals surface area (Å²) in [7, 11) is 0. The van der Waals surface area contributed by atoms with Gasteiger partial charge in [-0.05, 0) is 24.6 Å². The molecule has 0 aliphatic carbocycles. The van der Waals surface area contributed by atoms with E-state index in [1.54, 1.807) is 0 Å². The van der Waals surface area contributed by atoms with Gasteiger partial charge < -0.3 is 15.5 Å². The molecule has 74 valence electrons. The van der Waals surface area contributed by atoms with E-state index in [1.807, 2.05) is 0 Å². The van der Waals surface area contributed by atoms with Crippen molar-refractivity contribution in [3.8, 4) is 0 Å². The third kappa shape index (κ3) is 1.05. The summed E-state index contributed by atoms with van der Waals surface area (Å²) in [5.41, 5.74) is 5.27. The fourth-order valence-electron chi connectivity index (χ4n) is 2.38. The van der Waals surface area contributed by atoms with Crippen molar-refractivity contribution in [3.63, 3.8) is 0 Å². The maximum absolute atomic E-state index is 3.46. The van der Waals surface area contributed by atoms with Crippen LogP contribution < -0.4 is 15.5 Å². The summed E-state index contributed by atoms with van der Waals surface area (Å²) < 4.78 is 0. The fourth-order valence-corrected chi connectivity index (χ4v) is 2.38. The van der Waals surface area contributed by atoms with E-state index < -0.39 is 0 Å². The largest absolute Gasteiger partial charge is 0.382 e. The van der Waals surface area contributed by atoms with Gasteiger partial charge in [0.2, 0.25) is 0 Å². The van der Waals surface area contributed by atoms with Crippen LogP contribution in [0.1, 0.15) is 5.56 Å². The number of benzene rings is 1. The normalized spacial score (nSPS) is 18.2. The van der Waals surface area contributed by atoms with Crippen LogP contribution in [0.4, 0.5) is 17.1 Å². The molecule has 14 heavy (non-hydrogen) atoms. The van der Waals surface area contributed by atoms with Crippen LogP contribution in [0.2, 0.25) is 0 Å². The lowest BCUT2D eigenvalue weighted by molar-refractivity contribution is 0.775. The van der Waals surface area contributed by atoms with Gasteiger partial charge in [-0.25, -0.2) is 0 Å². The van der Waals surface area contributed by atoms with Crippen LogP contribution in [0.5, 0.6) is 0 Å². The van der Waals surface area contributed by atoms with Gasteiger partial charge in [-0.1, -0.05) is 0 Å². The molecule has 0 saturated heterocycles. The molecule has 3 heteroatoms. The minimum atomic E-state index is 1.07. The van der Waals surface area contributed by atoms with Gasteiger partial charge >= 0.3 is 0 Å². The molecule has 0 spiro atoms. The van der Waals surface area contributed by atoms with Crippen LogP contribution in [0.25, 0.3) is 0 Å². The highest BCUT2D eigenvalue weighted by Crippen LogP contribution is 2.39. The van der Waals surface area contributed by atoms with Crippen LogP contribution in [0.15, 0.2) is 12.1 Å². The van der Waals surface area contributed by atoms with Crippen molar-refractivity contribution in [2.24, 2.45) is 0 Å². The summed E-state index contributed by atoms with van der Waals surface area (Å²) in [6.07, 6.45) is 0. The molecule has 1 aromatic carbocycles. The van der Waals surface area contributed by atoms with Crippen molar-refractivity contribution in [2.45, 2.75) is 6.92 Å². The molecule has 1 aromatic rings. The van der Waals surface area contributed by atoms with Gasteiger partial charge in [-0.15, -0.1) is 0 Å². The summed E-state index contributed by atoms with van der Waals surface area (Å²) in [4.78, 5) is 2.47. The van der Waals surface area contributed by atoms with Crippen molar-refractivity contribution in [1.29, 1.82) is 0 Å². The summed E-state index contributed by atoms with van der Waals surface area (Å²) in [6.45, 7) is 6.54. The second-order valence-electron chi connectivity index (χ2n) is 4.05. The number of hydrogen-bond donors (Lipinski definition) is 2. The lowest BCUT2D eigenvalue weighted by atomic mass is 10.1. The average Bonchev–Trinajstić information content (AvgIpc) is 2.18. The summed E-state index contributed by atoms with van der Waals surface area (Å²) in [5, 5.41) is 6.92. The fraction of sp³-hybridized carbons (Fsp3) is 0.455. The maximum Gasteiger partial charge on any atom is 0.0838 e. The molecule has 0 bridgehead atoms. The van der Waals surface area contributed by atoms with Crippen molar-refractivity contribution < 1.29 is 0 Å². The minimum Gasteiger partial charge on any atom is -0.382 e. The van der Waals surface area contributed by atoms with E-state index in [1.165, 1.54) is 22.6 Å². The first kappa shape index (κ1) is 7.97. The zero-order chi connectivity index (χ0) is 9.54. The molecule has 2 heterocycles. The van der Waals surface area contributed by atoms with E-state index in [9.17, 15) is 0 Å². The van der Waals surface area contributed by atoms with Crippen LogP contribution in [0, 0.1) is 6.92 Å². The van der Waals surface area contributed by atoms with Gasteiger partial charge in [0.05, 0.1) is 17.1 Å². The summed E-state index contributed by atoms with van der Waals surface area (Å²) >= 11 is 0. The van der Waals surface area contributed by atoms with Crippen LogP contribution in [-0.4, -0.2) is 26.2 Å². The van der Waals surface area contributed by atoms with Gasteiger partial charge in [0.25, 0.3) is 0 Å². The summed E-state index contributed by atoms with van der Waals surface area (Å²) in [6, 6.07) is 4.47. The molecule has 0 unspecified atom stereocenters. The Morgan fingerprint density at radius 3 is 2.21 bits per heavy atom. The zero-order valence-electron chi connectivity index (χ0n) is 8.43. The van der Waals surface area contributed by atoms with Crippen molar-refractivity contribution in [1.82, 2.24) is 0 Å². The first-order chi connectivity index (χ1) is 6.84. The molecular weight excluding hydrogens is 174 g/mol. The molecular formula is C11H15N3. The molecule has 2 aliphatic heterocycles. The van der Waals surface area contributed by atoms with Crippen LogP contribution in [-0.2, 0) is 0 Å². The second-order valence-corrected chi connectivity index (χ2v) is 4.05. The van der Waals surface area contributed by atoms with E-state index in [-0.39, 0.29) is 0 Å². The minimum absolute atomic E-state index is 1.07. The molecule has 2 aliphatic rings. The Labute approximate surface area is 84.1 Å². The van der Waals surface area contributed by atoms with E-state index >= 15 is 0 Å². The third-order valence-corrected chi connectivity index (χ3v) is 2.96. The smallest absolute Gasteiger partial charge is 0.0838 e. The highest BCUT2D eigenvalue weighted by Gasteiger charge is 2.23. The standard InChI is InChI=1S/C11H15N3/c1-8-6-9-11-10(7-8)13-3-5-14(11)4-2-12-9/h6-7,12-13H,2-5H2,1H3. The Bertz CT molecular complexity index is 342. The molecule has 0 radical (unpaired) electrons. The topological polar surface area (TPSA) is 27.3 Å². The lowest BCUT2D eigenvalue weighted by Crippen LogP contribution is -2.40. The third-order valence-electron chi connectivity index (χ3n) is 2.96. The van der Waals surface area contributed by atoms with E-state index in [4.69, 9.17) is 0 Å². The highest BCUT2D eigenvalue weighted by atomic mass is 15.2. The quantitative estimate of drug-likeness (QED) is 0.650. The van der Waals surface area contributed by atoms with E-state index in [2.05, 4.69) is 34.6 Å².